The number of rotatable bonds is 4. The second kappa shape index (κ2) is 6.54. The van der Waals surface area contributed by atoms with Gasteiger partial charge in [0.05, 0.1) is 0 Å². The fraction of sp³-hybridized carbons (Fsp3) is 0.0556. The first-order valence-corrected chi connectivity index (χ1v) is 7.90. The fourth-order valence-corrected chi connectivity index (χ4v) is 3.14. The molecule has 1 heterocycles. The van der Waals surface area contributed by atoms with Crippen LogP contribution >= 0.6 is 11.3 Å². The van der Waals surface area contributed by atoms with Crippen molar-refractivity contribution in [3.05, 3.63) is 71.1 Å². The molecule has 3 rings (SSSR count). The van der Waals surface area contributed by atoms with Gasteiger partial charge in [-0.15, -0.1) is 11.3 Å². The number of anilines is 1. The monoisotopic (exact) mass is 322 g/mol. The van der Waals surface area contributed by atoms with Crippen molar-refractivity contribution in [3.63, 3.8) is 0 Å². The Morgan fingerprint density at radius 2 is 1.57 bits per heavy atom. The minimum Gasteiger partial charge on any atom is -0.310 e. The van der Waals surface area contributed by atoms with E-state index >= 15 is 0 Å². The highest BCUT2D eigenvalue weighted by Crippen LogP contribution is 2.32. The van der Waals surface area contributed by atoms with Gasteiger partial charge in [0, 0.05) is 18.1 Å². The number of amides is 1. The van der Waals surface area contributed by atoms with E-state index < -0.39 is 0 Å². The molecule has 1 aromatic heterocycles. The number of thiazole rings is 1. The van der Waals surface area contributed by atoms with Crippen molar-refractivity contribution in [1.29, 1.82) is 0 Å². The Kier molecular flexibility index (Phi) is 4.30. The molecule has 0 bridgehead atoms. The largest absolute Gasteiger partial charge is 0.310 e. The van der Waals surface area contributed by atoms with E-state index in [2.05, 4.69) is 10.3 Å². The smallest absolute Gasteiger partial charge is 0.222 e. The minimum absolute atomic E-state index is 0.144. The van der Waals surface area contributed by atoms with Gasteiger partial charge in [-0.1, -0.05) is 60.7 Å². The third kappa shape index (κ3) is 3.35. The average molecular weight is 322 g/mol. The van der Waals surface area contributed by atoms with E-state index in [4.69, 9.17) is 0 Å². The summed E-state index contributed by atoms with van der Waals surface area (Å²) in [5.74, 6) is -0.0822. The van der Waals surface area contributed by atoms with Gasteiger partial charge >= 0.3 is 0 Å². The van der Waals surface area contributed by atoms with Crippen molar-refractivity contribution >= 4 is 28.8 Å². The second-order valence-electron chi connectivity index (χ2n) is 4.94. The Morgan fingerprint density at radius 3 is 2.17 bits per heavy atom. The molecule has 0 aliphatic rings. The van der Waals surface area contributed by atoms with Crippen molar-refractivity contribution < 1.29 is 9.59 Å². The Balaban J connectivity index is 2.06. The van der Waals surface area contributed by atoms with E-state index in [1.807, 2.05) is 48.5 Å². The molecule has 3 aromatic rings. The van der Waals surface area contributed by atoms with E-state index in [1.54, 1.807) is 12.1 Å². The number of benzene rings is 2. The first-order chi connectivity index (χ1) is 11.1. The number of ketones is 1. The molecule has 0 unspecified atom stereocenters. The van der Waals surface area contributed by atoms with Crippen LogP contribution in [0.1, 0.15) is 22.2 Å². The van der Waals surface area contributed by atoms with Crippen molar-refractivity contribution in [2.45, 2.75) is 6.92 Å². The molecule has 5 heteroatoms. The molecule has 0 radical (unpaired) electrons. The maximum absolute atomic E-state index is 12.7. The Hall–Kier alpha value is -2.79. The van der Waals surface area contributed by atoms with Crippen LogP contribution in [-0.4, -0.2) is 16.7 Å². The normalized spacial score (nSPS) is 10.3. The highest BCUT2D eigenvalue weighted by Gasteiger charge is 2.20. The molecular weight excluding hydrogens is 308 g/mol. The van der Waals surface area contributed by atoms with Crippen LogP contribution in [0.5, 0.6) is 0 Å². The molecule has 1 N–H and O–H groups in total. The summed E-state index contributed by atoms with van der Waals surface area (Å²) in [6.45, 7) is 1.40. The van der Waals surface area contributed by atoms with Crippen LogP contribution in [0, 0.1) is 0 Å². The van der Waals surface area contributed by atoms with Gasteiger partial charge in [0.15, 0.2) is 5.82 Å². The number of carbonyl (C=O) groups is 2. The van der Waals surface area contributed by atoms with Crippen molar-refractivity contribution in [2.24, 2.45) is 0 Å². The zero-order chi connectivity index (χ0) is 16.2. The van der Waals surface area contributed by atoms with Crippen LogP contribution in [-0.2, 0) is 4.79 Å². The van der Waals surface area contributed by atoms with Crippen LogP contribution < -0.4 is 5.32 Å². The zero-order valence-corrected chi connectivity index (χ0v) is 13.3. The summed E-state index contributed by atoms with van der Waals surface area (Å²) in [6, 6.07) is 18.6. The third-order valence-corrected chi connectivity index (χ3v) is 4.29. The summed E-state index contributed by atoms with van der Waals surface area (Å²) in [4.78, 5) is 29.0. The van der Waals surface area contributed by atoms with Crippen molar-refractivity contribution in [3.8, 4) is 10.6 Å². The molecular formula is C18H14N2O2S. The van der Waals surface area contributed by atoms with Gasteiger partial charge in [-0.05, 0) is 0 Å². The van der Waals surface area contributed by atoms with Crippen LogP contribution in [0.3, 0.4) is 0 Å². The van der Waals surface area contributed by atoms with Crippen LogP contribution in [0.15, 0.2) is 60.7 Å². The number of nitrogens with zero attached hydrogens (tertiary/aromatic N) is 1. The molecule has 0 aliphatic carbocycles. The number of hydrogen-bond donors (Lipinski definition) is 1. The van der Waals surface area contributed by atoms with Crippen molar-refractivity contribution in [2.75, 3.05) is 5.32 Å². The Bertz CT molecular complexity index is 842. The zero-order valence-electron chi connectivity index (χ0n) is 12.4. The molecule has 1 amide bonds. The van der Waals surface area contributed by atoms with E-state index in [-0.39, 0.29) is 11.7 Å². The quantitative estimate of drug-likeness (QED) is 0.739. The molecule has 0 atom stereocenters. The van der Waals surface area contributed by atoms with Crippen LogP contribution in [0.4, 0.5) is 5.82 Å². The molecule has 23 heavy (non-hydrogen) atoms. The summed E-state index contributed by atoms with van der Waals surface area (Å²) in [7, 11) is 0. The standard InChI is InChI=1S/C18H14N2O2S/c1-12(21)19-17-16(15(22)13-8-4-2-5-9-13)23-18(20-17)14-10-6-3-7-11-14/h2-11H,1H3,(H,19,21). The highest BCUT2D eigenvalue weighted by molar-refractivity contribution is 7.17. The van der Waals surface area contributed by atoms with Gasteiger partial charge in [-0.2, -0.15) is 0 Å². The maximum atomic E-state index is 12.7. The number of aromatic nitrogens is 1. The average Bonchev–Trinajstić information content (AvgIpc) is 2.99. The van der Waals surface area contributed by atoms with Gasteiger partial charge in [0.2, 0.25) is 11.7 Å². The lowest BCUT2D eigenvalue weighted by Gasteiger charge is -2.01. The van der Waals surface area contributed by atoms with E-state index in [0.717, 1.165) is 5.56 Å². The van der Waals surface area contributed by atoms with Gasteiger partial charge in [-0.3, -0.25) is 9.59 Å². The SMILES string of the molecule is CC(=O)Nc1nc(-c2ccccc2)sc1C(=O)c1ccccc1. The molecule has 4 nitrogen and oxygen atoms in total. The molecule has 0 fully saturated rings. The summed E-state index contributed by atoms with van der Waals surface area (Å²) in [6.07, 6.45) is 0. The van der Waals surface area contributed by atoms with Crippen molar-refractivity contribution in [1.82, 2.24) is 4.98 Å². The summed E-state index contributed by atoms with van der Waals surface area (Å²) in [5.41, 5.74) is 1.48. The lowest BCUT2D eigenvalue weighted by atomic mass is 10.1. The third-order valence-electron chi connectivity index (χ3n) is 3.18. The Morgan fingerprint density at radius 1 is 0.957 bits per heavy atom. The molecule has 0 aliphatic heterocycles. The molecule has 0 spiro atoms. The Labute approximate surface area is 137 Å². The molecule has 2 aromatic carbocycles. The predicted molar refractivity (Wildman–Crippen MR) is 91.7 cm³/mol. The number of carbonyl (C=O) groups excluding carboxylic acids is 2. The first-order valence-electron chi connectivity index (χ1n) is 7.09. The molecule has 0 saturated carbocycles. The van der Waals surface area contributed by atoms with Gasteiger partial charge in [0.1, 0.15) is 9.88 Å². The van der Waals surface area contributed by atoms with Crippen LogP contribution in [0.2, 0.25) is 0 Å². The van der Waals surface area contributed by atoms with E-state index in [0.29, 0.717) is 21.3 Å². The number of nitrogens with one attached hydrogen (secondary N) is 1. The summed E-state index contributed by atoms with van der Waals surface area (Å²) >= 11 is 1.28. The predicted octanol–water partition coefficient (Wildman–Crippen LogP) is 4.00. The van der Waals surface area contributed by atoms with Gasteiger partial charge in [0.25, 0.3) is 0 Å². The molecule has 0 saturated heterocycles. The minimum atomic E-state index is -0.253. The topological polar surface area (TPSA) is 59.1 Å². The van der Waals surface area contributed by atoms with Gasteiger partial charge in [-0.25, -0.2) is 4.98 Å². The molecule has 114 valence electrons. The summed E-state index contributed by atoms with van der Waals surface area (Å²) < 4.78 is 0. The lowest BCUT2D eigenvalue weighted by Crippen LogP contribution is -2.10. The maximum Gasteiger partial charge on any atom is 0.222 e. The van der Waals surface area contributed by atoms with Gasteiger partial charge < -0.3 is 5.32 Å². The fourth-order valence-electron chi connectivity index (χ4n) is 2.15. The first kappa shape index (κ1) is 15.1. The number of hydrogen-bond acceptors (Lipinski definition) is 4. The second-order valence-corrected chi connectivity index (χ2v) is 5.94. The lowest BCUT2D eigenvalue weighted by molar-refractivity contribution is -0.114. The van der Waals surface area contributed by atoms with E-state index in [1.165, 1.54) is 18.3 Å². The summed E-state index contributed by atoms with van der Waals surface area (Å²) in [5, 5.41) is 3.36. The van der Waals surface area contributed by atoms with E-state index in [9.17, 15) is 9.59 Å². The highest BCUT2D eigenvalue weighted by atomic mass is 32.1. The van der Waals surface area contributed by atoms with Crippen LogP contribution in [0.25, 0.3) is 10.6 Å².